The number of carbonyl (C=O) groups is 1. The molecule has 0 saturated carbocycles. The number of amides is 1. The van der Waals surface area contributed by atoms with Gasteiger partial charge in [0.1, 0.15) is 20.6 Å². The molecular weight excluding hydrogens is 1140 g/mol. The van der Waals surface area contributed by atoms with E-state index in [1.165, 1.54) is 0 Å². The van der Waals surface area contributed by atoms with Crippen LogP contribution in [0.2, 0.25) is 40.8 Å². The summed E-state index contributed by atoms with van der Waals surface area (Å²) in [5, 5.41) is 21.3. The molecule has 392 valence electrons. The second kappa shape index (κ2) is 25.6. The SMILES string of the molecule is Cc1cc(C)n(-c2cc3ccn(C)c3c(Nc3ccc(Cl)cc3)n2)n1.Clc1cc2c(c(Cl)n1)CC=C2.Cn1ccc2cc(Cl)nc(Cl)c21.Cn1ccc2cc(Cl)nc(Nc3ccc(Cl)cc3)c21.O=CNc1ccc(Cl)cc1. The van der Waals surface area contributed by atoms with Gasteiger partial charge in [0.15, 0.2) is 22.6 Å². The third-order valence-corrected chi connectivity index (χ3v) is 13.6. The number of rotatable bonds is 7. The van der Waals surface area contributed by atoms with E-state index in [-0.39, 0.29) is 0 Å². The van der Waals surface area contributed by atoms with E-state index >= 15 is 0 Å². The Morgan fingerprint density at radius 3 is 1.48 bits per heavy atom. The van der Waals surface area contributed by atoms with Crippen LogP contribution in [0, 0.1) is 13.8 Å². The number of nitrogens with zero attached hydrogens (tertiary/aromatic N) is 9. The van der Waals surface area contributed by atoms with Crippen LogP contribution in [0.4, 0.5) is 28.7 Å². The van der Waals surface area contributed by atoms with Gasteiger partial charge in [-0.15, -0.1) is 0 Å². The normalized spacial score (nSPS) is 11.1. The Balaban J connectivity index is 0.000000134. The third kappa shape index (κ3) is 14.4. The Bertz CT molecular complexity index is 3890. The van der Waals surface area contributed by atoms with E-state index < -0.39 is 0 Å². The lowest BCUT2D eigenvalue weighted by Gasteiger charge is -2.12. The van der Waals surface area contributed by atoms with Gasteiger partial charge in [0.25, 0.3) is 0 Å². The van der Waals surface area contributed by atoms with E-state index in [1.54, 1.807) is 30.3 Å². The van der Waals surface area contributed by atoms with Gasteiger partial charge >= 0.3 is 0 Å². The molecule has 1 aliphatic carbocycles. The summed E-state index contributed by atoms with van der Waals surface area (Å²) in [6.45, 7) is 4.01. The average Bonchev–Trinajstić information content (AvgIpc) is 4.28. The summed E-state index contributed by atoms with van der Waals surface area (Å²) in [7, 11) is 5.91. The predicted molar refractivity (Wildman–Crippen MR) is 321 cm³/mol. The molecule has 0 fully saturated rings. The van der Waals surface area contributed by atoms with Crippen molar-refractivity contribution in [2.45, 2.75) is 20.3 Å². The number of allylic oxidation sites excluding steroid dienone is 1. The predicted octanol–water partition coefficient (Wildman–Crippen LogP) is 17.1. The largest absolute Gasteiger partial charge is 0.348 e. The first-order chi connectivity index (χ1) is 36.9. The van der Waals surface area contributed by atoms with Crippen molar-refractivity contribution < 1.29 is 4.79 Å². The molecule has 1 amide bonds. The molecule has 3 aromatic carbocycles. The molecule has 77 heavy (non-hydrogen) atoms. The molecular formula is C56H46Cl8N12O. The maximum absolute atomic E-state index is 9.92. The molecule has 0 bridgehead atoms. The van der Waals surface area contributed by atoms with Crippen LogP contribution in [-0.2, 0) is 32.4 Å². The zero-order valence-corrected chi connectivity index (χ0v) is 47.7. The number of nitrogens with one attached hydrogen (secondary N) is 3. The highest BCUT2D eigenvalue weighted by Crippen LogP contribution is 2.32. The lowest BCUT2D eigenvalue weighted by Crippen LogP contribution is -2.05. The molecule has 0 aliphatic heterocycles. The standard InChI is InChI=1S/C19H18ClN5.C14H11Cl2N3.C8H6Cl2N2.C8H5Cl2N.C7H6ClNO/c1-12-10-13(2)25(23-12)17-11-14-8-9-24(3)18(14)19(22-17)21-16-6-4-15(20)5-7-16;1-19-7-6-9-8-12(16)18-14(13(9)19)17-11-4-2-10(15)3-5-11;1-12-3-2-5-4-6(9)11-8(10)7(5)12;9-7-4-5-2-1-3-6(5)8(10)11-7;8-6-1-3-7(4-2-6)9-5-10/h4-11H,1-3H3,(H,21,22);2-8H,1H3,(H,17,18);2-4H,1H3;1-2,4H,3H2;1-5H,(H,9,10). The molecule has 13 nitrogen and oxygen atoms in total. The van der Waals surface area contributed by atoms with Gasteiger partial charge in [0.05, 0.1) is 22.2 Å². The van der Waals surface area contributed by atoms with Crippen molar-refractivity contribution in [1.29, 1.82) is 0 Å². The Kier molecular flexibility index (Phi) is 18.7. The molecule has 0 radical (unpaired) electrons. The van der Waals surface area contributed by atoms with Crippen LogP contribution < -0.4 is 16.0 Å². The lowest BCUT2D eigenvalue weighted by atomic mass is 10.2. The number of hydrogen-bond acceptors (Lipinski definition) is 8. The lowest BCUT2D eigenvalue weighted by molar-refractivity contribution is -0.105. The van der Waals surface area contributed by atoms with E-state index in [4.69, 9.17) is 97.8 Å². The van der Waals surface area contributed by atoms with E-state index in [2.05, 4.69) is 58.8 Å². The average molecular weight is 1190 g/mol. The minimum Gasteiger partial charge on any atom is -0.348 e. The maximum Gasteiger partial charge on any atom is 0.211 e. The van der Waals surface area contributed by atoms with E-state index in [0.29, 0.717) is 47.2 Å². The van der Waals surface area contributed by atoms with Crippen molar-refractivity contribution >= 4 is 167 Å². The Labute approximate surface area is 483 Å². The number of anilines is 5. The topological polar surface area (TPSA) is 137 Å². The molecule has 8 heterocycles. The van der Waals surface area contributed by atoms with Crippen LogP contribution in [-0.4, -0.2) is 49.8 Å². The molecule has 0 unspecified atom stereocenters. The van der Waals surface area contributed by atoms with Gasteiger partial charge < -0.3 is 29.7 Å². The molecule has 1 aliphatic rings. The summed E-state index contributed by atoms with van der Waals surface area (Å²) in [6, 6.07) is 37.6. The van der Waals surface area contributed by atoms with Crippen molar-refractivity contribution in [2.75, 3.05) is 16.0 Å². The summed E-state index contributed by atoms with van der Waals surface area (Å²) < 4.78 is 7.86. The highest BCUT2D eigenvalue weighted by Gasteiger charge is 2.15. The second-order valence-corrected chi connectivity index (χ2v) is 20.4. The first-order valence-electron chi connectivity index (χ1n) is 23.3. The summed E-state index contributed by atoms with van der Waals surface area (Å²) in [6.07, 6.45) is 11.5. The highest BCUT2D eigenvalue weighted by molar-refractivity contribution is 6.36. The first-order valence-corrected chi connectivity index (χ1v) is 26.4. The van der Waals surface area contributed by atoms with Crippen LogP contribution >= 0.6 is 92.8 Å². The van der Waals surface area contributed by atoms with Crippen LogP contribution in [0.5, 0.6) is 0 Å². The fourth-order valence-electron chi connectivity index (χ4n) is 8.12. The van der Waals surface area contributed by atoms with Crippen LogP contribution in [0.1, 0.15) is 22.5 Å². The number of benzene rings is 3. The molecule has 21 heteroatoms. The highest BCUT2D eigenvalue weighted by atomic mass is 35.5. The number of halogens is 8. The maximum atomic E-state index is 9.92. The molecule has 0 atom stereocenters. The van der Waals surface area contributed by atoms with Crippen molar-refractivity contribution in [3.8, 4) is 5.82 Å². The van der Waals surface area contributed by atoms with Crippen molar-refractivity contribution in [3.05, 3.63) is 209 Å². The van der Waals surface area contributed by atoms with Crippen molar-refractivity contribution in [1.82, 2.24) is 43.4 Å². The van der Waals surface area contributed by atoms with Crippen LogP contribution in [0.25, 0.3) is 44.6 Å². The fourth-order valence-corrected chi connectivity index (χ4v) is 9.80. The van der Waals surface area contributed by atoms with Gasteiger partial charge in [-0.2, -0.15) is 5.10 Å². The van der Waals surface area contributed by atoms with Gasteiger partial charge in [-0.05, 0) is 147 Å². The molecule has 0 saturated heterocycles. The molecule has 0 spiro atoms. The fraction of sp³-hybridized carbons (Fsp3) is 0.107. The van der Waals surface area contributed by atoms with Crippen LogP contribution in [0.15, 0.2) is 146 Å². The van der Waals surface area contributed by atoms with Crippen LogP contribution in [0.3, 0.4) is 0 Å². The van der Waals surface area contributed by atoms with E-state index in [0.717, 1.165) is 96.2 Å². The number of aryl methyl sites for hydroxylation is 5. The zero-order chi connectivity index (χ0) is 54.9. The first kappa shape index (κ1) is 56.4. The Morgan fingerprint density at radius 2 is 0.961 bits per heavy atom. The van der Waals surface area contributed by atoms with Gasteiger partial charge in [-0.25, -0.2) is 24.6 Å². The number of aromatic nitrogens is 9. The molecule has 12 rings (SSSR count). The van der Waals surface area contributed by atoms with Gasteiger partial charge in [0, 0.05) is 99.3 Å². The van der Waals surface area contributed by atoms with Crippen molar-refractivity contribution in [2.24, 2.45) is 21.1 Å². The second-order valence-electron chi connectivity index (χ2n) is 17.2. The summed E-state index contributed by atoms with van der Waals surface area (Å²) >= 11 is 46.7. The Hall–Kier alpha value is -6.78. The van der Waals surface area contributed by atoms with Gasteiger partial charge in [-0.1, -0.05) is 105 Å². The van der Waals surface area contributed by atoms with Gasteiger partial charge in [0.2, 0.25) is 6.41 Å². The minimum absolute atomic E-state index is 0.429. The smallest absolute Gasteiger partial charge is 0.211 e. The molecule has 11 aromatic rings. The van der Waals surface area contributed by atoms with Crippen molar-refractivity contribution in [3.63, 3.8) is 0 Å². The van der Waals surface area contributed by atoms with Gasteiger partial charge in [-0.3, -0.25) is 4.79 Å². The number of carbonyl (C=O) groups excluding carboxylic acids is 1. The summed E-state index contributed by atoms with van der Waals surface area (Å²) in [4.78, 5) is 27.0. The molecule has 8 aromatic heterocycles. The number of pyridine rings is 4. The minimum atomic E-state index is 0.429. The number of hydrogen-bond donors (Lipinski definition) is 3. The number of fused-ring (bicyclic) bond motifs is 4. The zero-order valence-electron chi connectivity index (χ0n) is 41.7. The third-order valence-electron chi connectivity index (χ3n) is 11.6. The Morgan fingerprint density at radius 1 is 0.506 bits per heavy atom. The summed E-state index contributed by atoms with van der Waals surface area (Å²) in [5.41, 5.74) is 9.77. The quantitative estimate of drug-likeness (QED) is 0.106. The molecule has 3 N–H and O–H groups in total. The van der Waals surface area contributed by atoms with E-state index in [9.17, 15) is 4.79 Å². The van der Waals surface area contributed by atoms with E-state index in [1.807, 2.05) is 152 Å². The monoisotopic (exact) mass is 1180 g/mol. The summed E-state index contributed by atoms with van der Waals surface area (Å²) in [5.74, 6) is 2.31.